The molecule has 3 heteroatoms. The molecule has 0 spiro atoms. The molecular formula is C17H28N2O. The summed E-state index contributed by atoms with van der Waals surface area (Å²) >= 11 is 0. The van der Waals surface area contributed by atoms with E-state index in [0.717, 1.165) is 36.2 Å². The second-order valence-electron chi connectivity index (χ2n) is 6.16. The predicted octanol–water partition coefficient (Wildman–Crippen LogP) is 3.98. The van der Waals surface area contributed by atoms with Crippen molar-refractivity contribution in [2.45, 2.75) is 47.5 Å². The first-order valence-corrected chi connectivity index (χ1v) is 7.52. The van der Waals surface area contributed by atoms with E-state index in [1.807, 2.05) is 25.1 Å². The van der Waals surface area contributed by atoms with E-state index >= 15 is 0 Å². The highest BCUT2D eigenvalue weighted by Gasteiger charge is 2.17. The molecule has 0 atom stereocenters. The number of rotatable bonds is 7. The van der Waals surface area contributed by atoms with Gasteiger partial charge < -0.3 is 10.6 Å². The molecule has 1 aromatic carbocycles. The highest BCUT2D eigenvalue weighted by molar-refractivity contribution is 5.94. The van der Waals surface area contributed by atoms with Crippen LogP contribution in [0.4, 0.5) is 5.69 Å². The first kappa shape index (κ1) is 16.5. The fraction of sp³-hybridized carbons (Fsp3) is 0.588. The Labute approximate surface area is 123 Å². The molecule has 3 nitrogen and oxygen atoms in total. The van der Waals surface area contributed by atoms with E-state index < -0.39 is 0 Å². The lowest BCUT2D eigenvalue weighted by molar-refractivity contribution is 0.0935. The molecule has 0 saturated heterocycles. The first-order chi connectivity index (χ1) is 9.39. The van der Waals surface area contributed by atoms with Crippen LogP contribution in [0.3, 0.4) is 0 Å². The zero-order valence-electron chi connectivity index (χ0n) is 13.5. The summed E-state index contributed by atoms with van der Waals surface area (Å²) in [5, 5.41) is 6.38. The molecule has 0 fully saturated rings. The van der Waals surface area contributed by atoms with Crippen molar-refractivity contribution in [3.63, 3.8) is 0 Å². The van der Waals surface area contributed by atoms with E-state index in [4.69, 9.17) is 0 Å². The summed E-state index contributed by atoms with van der Waals surface area (Å²) in [6.45, 7) is 12.3. The summed E-state index contributed by atoms with van der Waals surface area (Å²) in [5.74, 6) is 0.0108. The number of nitrogens with one attached hydrogen (secondary N) is 2. The Kier molecular flexibility index (Phi) is 6.05. The summed E-state index contributed by atoms with van der Waals surface area (Å²) in [6.07, 6.45) is 2.14. The minimum Gasteiger partial charge on any atom is -0.385 e. The van der Waals surface area contributed by atoms with Crippen LogP contribution in [0.5, 0.6) is 0 Å². The molecule has 0 aliphatic heterocycles. The standard InChI is InChI=1S/C17H28N2O/c1-6-10-18-15-9-8-14(11-13(15)3)16(20)19-12-17(4,5)7-2/h8-9,11,18H,6-7,10,12H2,1-5H3,(H,19,20). The number of hydrogen-bond acceptors (Lipinski definition) is 2. The molecule has 0 aromatic heterocycles. The number of hydrogen-bond donors (Lipinski definition) is 2. The van der Waals surface area contributed by atoms with Crippen molar-refractivity contribution in [2.75, 3.05) is 18.4 Å². The Morgan fingerprint density at radius 1 is 1.25 bits per heavy atom. The molecule has 20 heavy (non-hydrogen) atoms. The number of amides is 1. The van der Waals surface area contributed by atoms with Crippen molar-refractivity contribution in [1.82, 2.24) is 5.32 Å². The van der Waals surface area contributed by atoms with E-state index in [0.29, 0.717) is 6.54 Å². The van der Waals surface area contributed by atoms with Gasteiger partial charge in [0, 0.05) is 24.3 Å². The number of anilines is 1. The van der Waals surface area contributed by atoms with Gasteiger partial charge in [-0.3, -0.25) is 4.79 Å². The van der Waals surface area contributed by atoms with Gasteiger partial charge in [-0.15, -0.1) is 0 Å². The first-order valence-electron chi connectivity index (χ1n) is 7.52. The molecule has 112 valence electrons. The van der Waals surface area contributed by atoms with Crippen LogP contribution in [-0.4, -0.2) is 19.0 Å². The van der Waals surface area contributed by atoms with Crippen LogP contribution in [-0.2, 0) is 0 Å². The van der Waals surface area contributed by atoms with Crippen molar-refractivity contribution in [3.8, 4) is 0 Å². The molecule has 0 aliphatic carbocycles. The minimum atomic E-state index is 0.0108. The molecule has 1 rings (SSSR count). The molecule has 0 saturated carbocycles. The van der Waals surface area contributed by atoms with Crippen molar-refractivity contribution in [2.24, 2.45) is 5.41 Å². The Morgan fingerprint density at radius 3 is 2.50 bits per heavy atom. The summed E-state index contributed by atoms with van der Waals surface area (Å²) in [4.78, 5) is 12.2. The van der Waals surface area contributed by atoms with Crippen LogP contribution < -0.4 is 10.6 Å². The molecule has 1 amide bonds. The normalized spacial score (nSPS) is 11.2. The van der Waals surface area contributed by atoms with E-state index in [-0.39, 0.29) is 11.3 Å². The third-order valence-corrected chi connectivity index (χ3v) is 3.74. The van der Waals surface area contributed by atoms with Crippen LogP contribution in [0.1, 0.15) is 56.5 Å². The molecule has 0 radical (unpaired) electrons. The third-order valence-electron chi connectivity index (χ3n) is 3.74. The highest BCUT2D eigenvalue weighted by Crippen LogP contribution is 2.19. The fourth-order valence-corrected chi connectivity index (χ4v) is 1.81. The number of aryl methyl sites for hydroxylation is 1. The third kappa shape index (κ3) is 4.87. The van der Waals surface area contributed by atoms with Crippen LogP contribution in [0, 0.1) is 12.3 Å². The topological polar surface area (TPSA) is 41.1 Å². The fourth-order valence-electron chi connectivity index (χ4n) is 1.81. The second kappa shape index (κ2) is 7.32. The van der Waals surface area contributed by atoms with Crippen LogP contribution in [0.15, 0.2) is 18.2 Å². The Hall–Kier alpha value is -1.51. The van der Waals surface area contributed by atoms with E-state index in [1.54, 1.807) is 0 Å². The van der Waals surface area contributed by atoms with Crippen molar-refractivity contribution >= 4 is 11.6 Å². The summed E-state index contributed by atoms with van der Waals surface area (Å²) in [5.41, 5.74) is 3.10. The Morgan fingerprint density at radius 2 is 1.95 bits per heavy atom. The van der Waals surface area contributed by atoms with Crippen molar-refractivity contribution < 1.29 is 4.79 Å². The monoisotopic (exact) mass is 276 g/mol. The van der Waals surface area contributed by atoms with Gasteiger partial charge in [-0.2, -0.15) is 0 Å². The number of carbonyl (C=O) groups excluding carboxylic acids is 1. The maximum absolute atomic E-state index is 12.2. The van der Waals surface area contributed by atoms with Gasteiger partial charge in [0.1, 0.15) is 0 Å². The lowest BCUT2D eigenvalue weighted by Crippen LogP contribution is -2.33. The Bertz CT molecular complexity index is 452. The van der Waals surface area contributed by atoms with E-state index in [9.17, 15) is 4.79 Å². The van der Waals surface area contributed by atoms with Crippen LogP contribution in [0.2, 0.25) is 0 Å². The zero-order valence-corrected chi connectivity index (χ0v) is 13.5. The van der Waals surface area contributed by atoms with Crippen LogP contribution >= 0.6 is 0 Å². The van der Waals surface area contributed by atoms with Gasteiger partial charge in [0.05, 0.1) is 0 Å². The number of benzene rings is 1. The second-order valence-corrected chi connectivity index (χ2v) is 6.16. The lowest BCUT2D eigenvalue weighted by Gasteiger charge is -2.23. The largest absolute Gasteiger partial charge is 0.385 e. The molecular weight excluding hydrogens is 248 g/mol. The highest BCUT2D eigenvalue weighted by atomic mass is 16.1. The molecule has 0 heterocycles. The van der Waals surface area contributed by atoms with Crippen LogP contribution in [0.25, 0.3) is 0 Å². The lowest BCUT2D eigenvalue weighted by atomic mass is 9.90. The summed E-state index contributed by atoms with van der Waals surface area (Å²) in [7, 11) is 0. The SMILES string of the molecule is CCCNc1ccc(C(=O)NCC(C)(C)CC)cc1C. The van der Waals surface area contributed by atoms with Crippen molar-refractivity contribution in [3.05, 3.63) is 29.3 Å². The Balaban J connectivity index is 2.67. The summed E-state index contributed by atoms with van der Waals surface area (Å²) in [6, 6.07) is 5.83. The van der Waals surface area contributed by atoms with E-state index in [2.05, 4.69) is 38.3 Å². The molecule has 0 bridgehead atoms. The van der Waals surface area contributed by atoms with Gasteiger partial charge >= 0.3 is 0 Å². The van der Waals surface area contributed by atoms with Gasteiger partial charge in [-0.1, -0.05) is 27.7 Å². The van der Waals surface area contributed by atoms with Gasteiger partial charge in [0.15, 0.2) is 0 Å². The molecule has 0 aliphatic rings. The van der Waals surface area contributed by atoms with Gasteiger partial charge in [-0.25, -0.2) is 0 Å². The van der Waals surface area contributed by atoms with Gasteiger partial charge in [-0.05, 0) is 48.9 Å². The minimum absolute atomic E-state index is 0.0108. The smallest absolute Gasteiger partial charge is 0.251 e. The summed E-state index contributed by atoms with van der Waals surface area (Å²) < 4.78 is 0. The average Bonchev–Trinajstić information content (AvgIpc) is 2.43. The molecule has 1 aromatic rings. The van der Waals surface area contributed by atoms with Gasteiger partial charge in [0.25, 0.3) is 5.91 Å². The van der Waals surface area contributed by atoms with Crippen molar-refractivity contribution in [1.29, 1.82) is 0 Å². The quantitative estimate of drug-likeness (QED) is 0.791. The maximum atomic E-state index is 12.2. The number of carbonyl (C=O) groups is 1. The van der Waals surface area contributed by atoms with E-state index in [1.165, 1.54) is 0 Å². The predicted molar refractivity (Wildman–Crippen MR) is 86.4 cm³/mol. The van der Waals surface area contributed by atoms with Gasteiger partial charge in [0.2, 0.25) is 0 Å². The maximum Gasteiger partial charge on any atom is 0.251 e. The average molecular weight is 276 g/mol. The zero-order chi connectivity index (χ0) is 15.2. The molecule has 0 unspecified atom stereocenters. The molecule has 2 N–H and O–H groups in total.